The van der Waals surface area contributed by atoms with Gasteiger partial charge in [-0.1, -0.05) is 29.8 Å². The summed E-state index contributed by atoms with van der Waals surface area (Å²) >= 11 is 5.78. The Kier molecular flexibility index (Phi) is 6.84. The molecule has 1 aliphatic heterocycles. The summed E-state index contributed by atoms with van der Waals surface area (Å²) in [6, 6.07) is 9.42. The molecule has 3 rings (SSSR count). The molecule has 1 aliphatic rings. The Balaban J connectivity index is 1.56. The third-order valence-corrected chi connectivity index (χ3v) is 4.97. The van der Waals surface area contributed by atoms with Crippen molar-refractivity contribution < 1.29 is 32.3 Å². The number of amides is 2. The molecule has 1 saturated heterocycles. The van der Waals surface area contributed by atoms with Crippen molar-refractivity contribution in [2.45, 2.75) is 25.6 Å². The molecule has 2 aromatic rings. The van der Waals surface area contributed by atoms with E-state index in [0.717, 1.165) is 24.1 Å². The number of anilines is 1. The van der Waals surface area contributed by atoms with Gasteiger partial charge in [-0.05, 0) is 36.2 Å². The molecular formula is C21H18ClF3N2O4. The van der Waals surface area contributed by atoms with Gasteiger partial charge in [0.25, 0.3) is 5.91 Å². The maximum absolute atomic E-state index is 13.1. The van der Waals surface area contributed by atoms with Crippen molar-refractivity contribution in [2.75, 3.05) is 18.5 Å². The van der Waals surface area contributed by atoms with Gasteiger partial charge in [0.1, 0.15) is 0 Å². The van der Waals surface area contributed by atoms with E-state index < -0.39 is 35.9 Å². The normalized spacial score (nSPS) is 13.9. The highest BCUT2D eigenvalue weighted by molar-refractivity contribution is 6.34. The number of nitrogens with one attached hydrogen (secondary N) is 1. The lowest BCUT2D eigenvalue weighted by molar-refractivity contribution is -0.137. The Hall–Kier alpha value is -3.07. The molecular weight excluding hydrogens is 437 g/mol. The molecule has 2 aromatic carbocycles. The van der Waals surface area contributed by atoms with Crippen LogP contribution in [0.1, 0.15) is 34.3 Å². The zero-order valence-corrected chi connectivity index (χ0v) is 16.9. The molecule has 0 radical (unpaired) electrons. The highest BCUT2D eigenvalue weighted by atomic mass is 35.5. The largest absolute Gasteiger partial charge is 0.452 e. The zero-order chi connectivity index (χ0) is 22.6. The molecule has 6 nitrogen and oxygen atoms in total. The minimum atomic E-state index is -4.72. The number of carbonyl (C=O) groups excluding carboxylic acids is 3. The SMILES string of the molecule is O=C(COC(=O)c1ccc(CN2CCCC2=O)cc1)Nc1c(Cl)cccc1C(F)(F)F. The van der Waals surface area contributed by atoms with E-state index in [1.165, 1.54) is 18.2 Å². The van der Waals surface area contributed by atoms with Gasteiger partial charge in [-0.2, -0.15) is 13.2 Å². The van der Waals surface area contributed by atoms with Crippen molar-refractivity contribution in [1.29, 1.82) is 0 Å². The van der Waals surface area contributed by atoms with E-state index in [9.17, 15) is 27.6 Å². The molecule has 2 amide bonds. The fourth-order valence-electron chi connectivity index (χ4n) is 3.12. The van der Waals surface area contributed by atoms with Gasteiger partial charge in [0.05, 0.1) is 21.8 Å². The summed E-state index contributed by atoms with van der Waals surface area (Å²) in [7, 11) is 0. The van der Waals surface area contributed by atoms with Gasteiger partial charge >= 0.3 is 12.1 Å². The molecule has 0 aromatic heterocycles. The first-order valence-corrected chi connectivity index (χ1v) is 9.72. The molecule has 1 N–H and O–H groups in total. The maximum Gasteiger partial charge on any atom is 0.418 e. The van der Waals surface area contributed by atoms with Gasteiger partial charge in [0.2, 0.25) is 5.91 Å². The minimum absolute atomic E-state index is 0.0849. The number of halogens is 4. The highest BCUT2D eigenvalue weighted by Gasteiger charge is 2.34. The quantitative estimate of drug-likeness (QED) is 0.661. The van der Waals surface area contributed by atoms with E-state index in [2.05, 4.69) is 0 Å². The molecule has 0 atom stereocenters. The second-order valence-electron chi connectivity index (χ2n) is 6.90. The van der Waals surface area contributed by atoms with Crippen LogP contribution in [0.5, 0.6) is 0 Å². The van der Waals surface area contributed by atoms with Gasteiger partial charge in [0, 0.05) is 19.5 Å². The number of ether oxygens (including phenoxy) is 1. The van der Waals surface area contributed by atoms with Crippen molar-refractivity contribution in [2.24, 2.45) is 0 Å². The van der Waals surface area contributed by atoms with E-state index >= 15 is 0 Å². The van der Waals surface area contributed by atoms with Crippen molar-refractivity contribution in [3.8, 4) is 0 Å². The molecule has 0 unspecified atom stereocenters. The molecule has 1 heterocycles. The number of para-hydroxylation sites is 1. The van der Waals surface area contributed by atoms with Gasteiger partial charge < -0.3 is 15.0 Å². The van der Waals surface area contributed by atoms with Crippen molar-refractivity contribution in [1.82, 2.24) is 4.90 Å². The number of carbonyl (C=O) groups is 3. The summed E-state index contributed by atoms with van der Waals surface area (Å²) in [5.74, 6) is -1.69. The van der Waals surface area contributed by atoms with E-state index in [-0.39, 0.29) is 16.5 Å². The molecule has 0 bridgehead atoms. The van der Waals surface area contributed by atoms with E-state index in [1.807, 2.05) is 5.32 Å². The van der Waals surface area contributed by atoms with E-state index in [1.54, 1.807) is 17.0 Å². The van der Waals surface area contributed by atoms with Crippen LogP contribution in [0.4, 0.5) is 18.9 Å². The molecule has 31 heavy (non-hydrogen) atoms. The molecule has 1 fully saturated rings. The number of hydrogen-bond donors (Lipinski definition) is 1. The van der Waals surface area contributed by atoms with Crippen molar-refractivity contribution >= 4 is 35.1 Å². The Morgan fingerprint density at radius 1 is 1.13 bits per heavy atom. The second-order valence-corrected chi connectivity index (χ2v) is 7.31. The van der Waals surface area contributed by atoms with Crippen LogP contribution in [0, 0.1) is 0 Å². The first-order valence-electron chi connectivity index (χ1n) is 9.34. The Labute approximate surface area is 180 Å². The van der Waals surface area contributed by atoms with Crippen LogP contribution in [-0.2, 0) is 27.0 Å². The molecule has 10 heteroatoms. The van der Waals surface area contributed by atoms with Crippen molar-refractivity contribution in [3.05, 3.63) is 64.2 Å². The number of likely N-dealkylation sites (tertiary alicyclic amines) is 1. The Morgan fingerprint density at radius 2 is 1.84 bits per heavy atom. The topological polar surface area (TPSA) is 75.7 Å². The summed E-state index contributed by atoms with van der Waals surface area (Å²) in [5.41, 5.74) is -0.703. The van der Waals surface area contributed by atoms with Gasteiger partial charge in [0.15, 0.2) is 6.61 Å². The Bertz CT molecular complexity index is 993. The van der Waals surface area contributed by atoms with E-state index in [0.29, 0.717) is 19.5 Å². The number of hydrogen-bond acceptors (Lipinski definition) is 4. The average Bonchev–Trinajstić information content (AvgIpc) is 3.12. The number of nitrogens with zero attached hydrogens (tertiary/aromatic N) is 1. The smallest absolute Gasteiger partial charge is 0.418 e. The molecule has 0 saturated carbocycles. The van der Waals surface area contributed by atoms with Crippen LogP contribution in [0.3, 0.4) is 0 Å². The monoisotopic (exact) mass is 454 g/mol. The average molecular weight is 455 g/mol. The van der Waals surface area contributed by atoms with Gasteiger partial charge in [-0.25, -0.2) is 4.79 Å². The zero-order valence-electron chi connectivity index (χ0n) is 16.2. The Morgan fingerprint density at radius 3 is 2.45 bits per heavy atom. The van der Waals surface area contributed by atoms with E-state index in [4.69, 9.17) is 16.3 Å². The number of alkyl halides is 3. The molecule has 0 spiro atoms. The third kappa shape index (κ3) is 5.75. The molecule has 0 aliphatic carbocycles. The fraction of sp³-hybridized carbons (Fsp3) is 0.286. The second kappa shape index (κ2) is 9.38. The first-order chi connectivity index (χ1) is 14.6. The number of rotatable bonds is 6. The summed E-state index contributed by atoms with van der Waals surface area (Å²) in [6.45, 7) is 0.348. The lowest BCUT2D eigenvalue weighted by Gasteiger charge is -2.16. The highest BCUT2D eigenvalue weighted by Crippen LogP contribution is 2.38. The third-order valence-electron chi connectivity index (χ3n) is 4.65. The standard InChI is InChI=1S/C21H18ClF3N2O4/c22-16-4-1-3-15(21(23,24)25)19(16)26-17(28)12-31-20(30)14-8-6-13(7-9-14)11-27-10-2-5-18(27)29/h1,3-4,6-9H,2,5,10-12H2,(H,26,28). The summed E-state index contributed by atoms with van der Waals surface area (Å²) in [4.78, 5) is 37.5. The predicted octanol–water partition coefficient (Wildman–Crippen LogP) is 4.28. The lowest BCUT2D eigenvalue weighted by atomic mass is 10.1. The van der Waals surface area contributed by atoms with Crippen LogP contribution < -0.4 is 5.32 Å². The first kappa shape index (κ1) is 22.6. The van der Waals surface area contributed by atoms with Crippen molar-refractivity contribution in [3.63, 3.8) is 0 Å². The summed E-state index contributed by atoms with van der Waals surface area (Å²) in [6.07, 6.45) is -3.36. The summed E-state index contributed by atoms with van der Waals surface area (Å²) in [5, 5.41) is 1.75. The van der Waals surface area contributed by atoms with Gasteiger partial charge in [-0.15, -0.1) is 0 Å². The van der Waals surface area contributed by atoms with Crippen LogP contribution >= 0.6 is 11.6 Å². The maximum atomic E-state index is 13.1. The predicted molar refractivity (Wildman–Crippen MR) is 106 cm³/mol. The minimum Gasteiger partial charge on any atom is -0.452 e. The fourth-order valence-corrected chi connectivity index (χ4v) is 3.34. The number of benzene rings is 2. The van der Waals surface area contributed by atoms with Crippen LogP contribution in [0.25, 0.3) is 0 Å². The van der Waals surface area contributed by atoms with Crippen LogP contribution in [0.2, 0.25) is 5.02 Å². The van der Waals surface area contributed by atoms with Crippen LogP contribution in [0.15, 0.2) is 42.5 Å². The molecule has 164 valence electrons. The lowest BCUT2D eigenvalue weighted by Crippen LogP contribution is -2.24. The van der Waals surface area contributed by atoms with Crippen LogP contribution in [-0.4, -0.2) is 35.8 Å². The summed E-state index contributed by atoms with van der Waals surface area (Å²) < 4.78 is 44.1. The van der Waals surface area contributed by atoms with Gasteiger partial charge in [-0.3, -0.25) is 9.59 Å². The number of esters is 1.